The van der Waals surface area contributed by atoms with Crippen LogP contribution in [-0.2, 0) is 13.5 Å². The van der Waals surface area contributed by atoms with Crippen molar-refractivity contribution in [2.75, 3.05) is 31.5 Å². The predicted octanol–water partition coefficient (Wildman–Crippen LogP) is 4.61. The average Bonchev–Trinajstić information content (AvgIpc) is 3.36. The number of halogens is 1. The number of aryl methyl sites for hydroxylation is 1. The van der Waals surface area contributed by atoms with Gasteiger partial charge >= 0.3 is 6.03 Å². The van der Waals surface area contributed by atoms with Gasteiger partial charge in [-0.15, -0.1) is 0 Å². The first-order valence-corrected chi connectivity index (χ1v) is 13.7. The highest BCUT2D eigenvalue weighted by molar-refractivity contribution is 6.30. The molecule has 1 saturated heterocycles. The van der Waals surface area contributed by atoms with Gasteiger partial charge in [-0.05, 0) is 70.8 Å². The van der Waals surface area contributed by atoms with Gasteiger partial charge in [-0.25, -0.2) is 9.78 Å². The summed E-state index contributed by atoms with van der Waals surface area (Å²) in [5, 5.41) is 15.4. The van der Waals surface area contributed by atoms with Crippen molar-refractivity contribution in [1.82, 2.24) is 24.8 Å². The molecule has 41 heavy (non-hydrogen) atoms. The number of nitrogens with two attached hydrogens (primary N) is 1. The summed E-state index contributed by atoms with van der Waals surface area (Å²) in [5.41, 5.74) is 14.3. The molecule has 6 rings (SSSR count). The summed E-state index contributed by atoms with van der Waals surface area (Å²) >= 11 is 6.27. The van der Waals surface area contributed by atoms with E-state index in [2.05, 4.69) is 38.8 Å². The number of nitrogens with zero attached hydrogens (tertiary/aromatic N) is 5. The van der Waals surface area contributed by atoms with Gasteiger partial charge < -0.3 is 25.8 Å². The molecule has 1 fully saturated rings. The molecule has 1 atom stereocenters. The van der Waals surface area contributed by atoms with Gasteiger partial charge in [-0.2, -0.15) is 5.26 Å². The fourth-order valence-corrected chi connectivity index (χ4v) is 5.08. The van der Waals surface area contributed by atoms with Crippen molar-refractivity contribution >= 4 is 35.0 Å². The summed E-state index contributed by atoms with van der Waals surface area (Å²) in [5.74, 6) is 0. The number of urea groups is 1. The van der Waals surface area contributed by atoms with Gasteiger partial charge in [-0.1, -0.05) is 23.7 Å². The van der Waals surface area contributed by atoms with Crippen molar-refractivity contribution in [1.29, 1.82) is 5.26 Å². The van der Waals surface area contributed by atoms with E-state index in [0.29, 0.717) is 16.3 Å². The lowest BCUT2D eigenvalue weighted by Crippen LogP contribution is -2.48. The van der Waals surface area contributed by atoms with E-state index in [9.17, 15) is 4.79 Å². The molecule has 10 heteroatoms. The highest BCUT2D eigenvalue weighted by atomic mass is 35.5. The minimum absolute atomic E-state index is 0.0868. The second-order valence-electron chi connectivity index (χ2n) is 9.88. The highest BCUT2D eigenvalue weighted by Crippen LogP contribution is 2.37. The maximum absolute atomic E-state index is 11.8. The number of benzene rings is 2. The average molecular weight is 567 g/mol. The Bertz CT molecular complexity index is 1600. The van der Waals surface area contributed by atoms with Gasteiger partial charge in [0.1, 0.15) is 0 Å². The molecule has 0 bridgehead atoms. The number of piperazine rings is 1. The number of hydrogen-bond acceptors (Lipinski definition) is 6. The number of fused-ring (bicyclic) bond motifs is 2. The molecule has 9 nitrogen and oxygen atoms in total. The number of rotatable bonds is 3. The molecule has 1 aliphatic carbocycles. The normalized spacial score (nSPS) is 14.7. The Morgan fingerprint density at radius 3 is 2.66 bits per heavy atom. The minimum atomic E-state index is -0.291. The van der Waals surface area contributed by atoms with Crippen molar-refractivity contribution in [2.24, 2.45) is 12.8 Å². The highest BCUT2D eigenvalue weighted by Gasteiger charge is 2.23. The number of carbonyl (C=O) groups excluding carboxylic acids is 1. The van der Waals surface area contributed by atoms with Crippen molar-refractivity contribution in [3.05, 3.63) is 112 Å². The number of imidazole rings is 1. The Kier molecular flexibility index (Phi) is 8.75. The van der Waals surface area contributed by atoms with E-state index >= 15 is 0 Å². The summed E-state index contributed by atoms with van der Waals surface area (Å²) in [4.78, 5) is 22.4. The van der Waals surface area contributed by atoms with E-state index in [-0.39, 0.29) is 12.1 Å². The van der Waals surface area contributed by atoms with Crippen molar-refractivity contribution in [3.63, 3.8) is 0 Å². The van der Waals surface area contributed by atoms with Crippen LogP contribution in [0.5, 0.6) is 0 Å². The minimum Gasteiger partial charge on any atom is -0.336 e. The topological polar surface area (TPSA) is 125 Å². The fourth-order valence-electron chi connectivity index (χ4n) is 4.91. The van der Waals surface area contributed by atoms with Gasteiger partial charge in [0.05, 0.1) is 41.6 Å². The summed E-state index contributed by atoms with van der Waals surface area (Å²) in [7, 11) is 1.95. The van der Waals surface area contributed by atoms with Crippen LogP contribution in [0.4, 0.5) is 10.5 Å². The molecule has 2 aromatic carbocycles. The fraction of sp³-hybridized carbons (Fsp3) is 0.226. The van der Waals surface area contributed by atoms with Gasteiger partial charge in [0.2, 0.25) is 0 Å². The van der Waals surface area contributed by atoms with Crippen LogP contribution in [0, 0.1) is 11.3 Å². The Labute approximate surface area is 244 Å². The zero-order valence-electron chi connectivity index (χ0n) is 22.7. The number of carbonyl (C=O) groups is 1. The first-order valence-electron chi connectivity index (χ1n) is 13.4. The van der Waals surface area contributed by atoms with Gasteiger partial charge in [-0.3, -0.25) is 4.98 Å². The number of anilines is 1. The Hall–Kier alpha value is -4.49. The maximum atomic E-state index is 11.8. The summed E-state index contributed by atoms with van der Waals surface area (Å²) < 4.78 is 1.95. The van der Waals surface area contributed by atoms with E-state index in [0.717, 1.165) is 60.7 Å². The number of pyridine rings is 1. The Morgan fingerprint density at radius 2 is 1.95 bits per heavy atom. The molecular formula is C31H31ClN8O. The van der Waals surface area contributed by atoms with Crippen LogP contribution in [0.25, 0.3) is 11.6 Å². The summed E-state index contributed by atoms with van der Waals surface area (Å²) in [6.07, 6.45) is 8.29. The standard InChI is InChI=1S/C19H17ClN4.C12H14N4O/c1-24-11-22-10-18(24)19(21)16-7-13-3-2-6-23-17(13)8-12-4-5-14(20)9-15(12)16;13-9-10-1-3-11(4-2-10)15-12(17)16-7-5-14-6-8-16/h2-7,9-11,19H,8,21H2,1H3;1-4,14H,5-8H2,(H,15,17). The van der Waals surface area contributed by atoms with E-state index in [1.165, 1.54) is 5.56 Å². The van der Waals surface area contributed by atoms with Crippen LogP contribution in [0.1, 0.15) is 39.7 Å². The van der Waals surface area contributed by atoms with Crippen LogP contribution < -0.4 is 16.4 Å². The maximum Gasteiger partial charge on any atom is 0.321 e. The smallest absolute Gasteiger partial charge is 0.321 e. The van der Waals surface area contributed by atoms with E-state index in [1.807, 2.05) is 48.3 Å². The molecule has 208 valence electrons. The zero-order chi connectivity index (χ0) is 28.8. The molecule has 0 radical (unpaired) electrons. The lowest BCUT2D eigenvalue weighted by molar-refractivity contribution is 0.204. The van der Waals surface area contributed by atoms with Crippen LogP contribution in [0.3, 0.4) is 0 Å². The Morgan fingerprint density at radius 1 is 1.17 bits per heavy atom. The van der Waals surface area contributed by atoms with Crippen LogP contribution in [0.15, 0.2) is 73.3 Å². The van der Waals surface area contributed by atoms with Crippen molar-refractivity contribution in [2.45, 2.75) is 12.5 Å². The molecule has 4 N–H and O–H groups in total. The van der Waals surface area contributed by atoms with Crippen molar-refractivity contribution in [3.8, 4) is 6.07 Å². The SMILES string of the molecule is Cn1cncc1C(N)C1=Cc2cccnc2Cc2ccc(Cl)cc21.N#Cc1ccc(NC(=O)N2CCNCC2)cc1. The lowest BCUT2D eigenvalue weighted by Gasteiger charge is -2.27. The molecule has 0 spiro atoms. The second kappa shape index (κ2) is 12.8. The molecule has 2 aliphatic rings. The molecule has 1 aliphatic heterocycles. The third-order valence-corrected chi connectivity index (χ3v) is 7.39. The third kappa shape index (κ3) is 6.64. The first-order chi connectivity index (χ1) is 19.9. The van der Waals surface area contributed by atoms with E-state index in [1.54, 1.807) is 35.5 Å². The molecule has 1 unspecified atom stereocenters. The number of aromatic nitrogens is 3. The molecule has 0 saturated carbocycles. The van der Waals surface area contributed by atoms with Crippen LogP contribution in [0.2, 0.25) is 5.02 Å². The van der Waals surface area contributed by atoms with E-state index < -0.39 is 0 Å². The van der Waals surface area contributed by atoms with Gasteiger partial charge in [0.15, 0.2) is 0 Å². The van der Waals surface area contributed by atoms with Gasteiger partial charge in [0.25, 0.3) is 0 Å². The molecule has 2 amide bonds. The largest absolute Gasteiger partial charge is 0.336 e. The van der Waals surface area contributed by atoms with Crippen molar-refractivity contribution < 1.29 is 4.79 Å². The number of hydrogen-bond donors (Lipinski definition) is 3. The Balaban J connectivity index is 0.000000175. The molecule has 2 aromatic heterocycles. The first kappa shape index (κ1) is 28.1. The lowest BCUT2D eigenvalue weighted by atomic mass is 9.92. The molecule has 4 aromatic rings. The van der Waals surface area contributed by atoms with Crippen LogP contribution >= 0.6 is 11.6 Å². The third-order valence-electron chi connectivity index (χ3n) is 7.15. The molecular weight excluding hydrogens is 536 g/mol. The van der Waals surface area contributed by atoms with Crippen LogP contribution in [-0.4, -0.2) is 51.6 Å². The quantitative estimate of drug-likeness (QED) is 0.333. The summed E-state index contributed by atoms with van der Waals surface area (Å²) in [6.45, 7) is 3.12. The van der Waals surface area contributed by atoms with Gasteiger partial charge in [0, 0.05) is 56.6 Å². The summed E-state index contributed by atoms with van der Waals surface area (Å²) in [6, 6.07) is 18.5. The predicted molar refractivity (Wildman–Crippen MR) is 161 cm³/mol. The number of amides is 2. The second-order valence-corrected chi connectivity index (χ2v) is 10.3. The monoisotopic (exact) mass is 566 g/mol. The number of nitriles is 1. The number of nitrogens with one attached hydrogen (secondary N) is 2. The molecule has 3 heterocycles. The van der Waals surface area contributed by atoms with E-state index in [4.69, 9.17) is 22.6 Å². The zero-order valence-corrected chi connectivity index (χ0v) is 23.5.